The molecule has 0 fully saturated rings. The predicted molar refractivity (Wildman–Crippen MR) is 36.9 cm³/mol. The third-order valence-electron chi connectivity index (χ3n) is 0.647. The van der Waals surface area contributed by atoms with Crippen LogP contribution in [0.5, 0.6) is 0 Å². The maximum atomic E-state index is 3.32. The van der Waals surface area contributed by atoms with Crippen LogP contribution >= 0.6 is 15.9 Å². The van der Waals surface area contributed by atoms with Gasteiger partial charge in [-0.05, 0) is 0 Å². The van der Waals surface area contributed by atoms with Gasteiger partial charge in [-0.1, -0.05) is 29.8 Å². The van der Waals surface area contributed by atoms with Crippen LogP contribution in [0.4, 0.5) is 0 Å². The van der Waals surface area contributed by atoms with E-state index in [9.17, 15) is 0 Å². The summed E-state index contributed by atoms with van der Waals surface area (Å²) in [5, 5.41) is 4.30. The Kier molecular flexibility index (Phi) is 4.88. The predicted octanol–water partition coefficient (Wildman–Crippen LogP) is 1.38. The number of alkyl halides is 1. The zero-order valence-corrected chi connectivity index (χ0v) is 6.46. The fraction of sp³-hybridized carbons (Fsp3) is 1.00. The summed E-state index contributed by atoms with van der Waals surface area (Å²) in [7, 11) is 0. The average molecular weight is 166 g/mol. The first kappa shape index (κ1) is 7.44. The van der Waals surface area contributed by atoms with Crippen LogP contribution in [-0.4, -0.2) is 17.9 Å². The van der Waals surface area contributed by atoms with Crippen molar-refractivity contribution in [3.8, 4) is 0 Å². The van der Waals surface area contributed by atoms with Crippen molar-refractivity contribution in [3.05, 3.63) is 0 Å². The standard InChI is InChI=1S/C5H12BrN/c1-5(2)7-4-3-6/h5,7H,3-4H2,1-2H3. The van der Waals surface area contributed by atoms with Gasteiger partial charge >= 0.3 is 0 Å². The topological polar surface area (TPSA) is 12.0 Å². The molecule has 0 amide bonds. The lowest BCUT2D eigenvalue weighted by atomic mass is 10.4. The molecule has 0 radical (unpaired) electrons. The zero-order chi connectivity index (χ0) is 5.70. The molecule has 0 aliphatic rings. The molecular formula is C5H12BrN. The molecule has 1 nitrogen and oxygen atoms in total. The molecule has 0 bridgehead atoms. The highest BCUT2D eigenvalue weighted by Crippen LogP contribution is 1.78. The van der Waals surface area contributed by atoms with E-state index in [1.807, 2.05) is 0 Å². The summed E-state index contributed by atoms with van der Waals surface area (Å²) in [6.45, 7) is 5.35. The van der Waals surface area contributed by atoms with E-state index in [0.717, 1.165) is 11.9 Å². The molecule has 0 atom stereocenters. The molecule has 0 heterocycles. The Morgan fingerprint density at radius 1 is 1.57 bits per heavy atom. The Bertz CT molecular complexity index is 37.1. The number of halogens is 1. The number of rotatable bonds is 3. The average Bonchev–Trinajstić information content (AvgIpc) is 1.61. The van der Waals surface area contributed by atoms with Crippen LogP contribution in [0, 0.1) is 0 Å². The van der Waals surface area contributed by atoms with Crippen LogP contribution in [0.3, 0.4) is 0 Å². The highest BCUT2D eigenvalue weighted by Gasteiger charge is 1.86. The summed E-state index contributed by atoms with van der Waals surface area (Å²) < 4.78 is 0. The van der Waals surface area contributed by atoms with E-state index < -0.39 is 0 Å². The normalized spacial score (nSPS) is 10.3. The third-order valence-corrected chi connectivity index (χ3v) is 1.04. The third kappa shape index (κ3) is 6.44. The lowest BCUT2D eigenvalue weighted by Gasteiger charge is -2.03. The smallest absolute Gasteiger partial charge is 0.0157 e. The van der Waals surface area contributed by atoms with Crippen LogP contribution in [0.2, 0.25) is 0 Å². The van der Waals surface area contributed by atoms with Crippen molar-refractivity contribution in [1.82, 2.24) is 5.32 Å². The highest BCUT2D eigenvalue weighted by atomic mass is 79.9. The molecule has 0 aliphatic carbocycles. The maximum Gasteiger partial charge on any atom is 0.0157 e. The van der Waals surface area contributed by atoms with Gasteiger partial charge in [0.1, 0.15) is 0 Å². The summed E-state index contributed by atoms with van der Waals surface area (Å²) in [6, 6.07) is 0.623. The first-order valence-electron chi connectivity index (χ1n) is 2.56. The van der Waals surface area contributed by atoms with E-state index in [2.05, 4.69) is 35.1 Å². The highest BCUT2D eigenvalue weighted by molar-refractivity contribution is 9.09. The zero-order valence-electron chi connectivity index (χ0n) is 4.87. The number of hydrogen-bond donors (Lipinski definition) is 1. The Morgan fingerprint density at radius 2 is 2.14 bits per heavy atom. The lowest BCUT2D eigenvalue weighted by molar-refractivity contribution is 0.617. The molecule has 0 unspecified atom stereocenters. The first-order valence-corrected chi connectivity index (χ1v) is 3.69. The van der Waals surface area contributed by atoms with Gasteiger partial charge in [-0.15, -0.1) is 0 Å². The van der Waals surface area contributed by atoms with Crippen LogP contribution in [0.25, 0.3) is 0 Å². The van der Waals surface area contributed by atoms with Crippen LogP contribution in [0.15, 0.2) is 0 Å². The fourth-order valence-electron chi connectivity index (χ4n) is 0.343. The van der Waals surface area contributed by atoms with Gasteiger partial charge in [-0.3, -0.25) is 0 Å². The molecule has 0 saturated heterocycles. The second kappa shape index (κ2) is 4.60. The molecule has 0 aromatic rings. The molecule has 0 aromatic carbocycles. The lowest BCUT2D eigenvalue weighted by Crippen LogP contribution is -2.24. The number of nitrogens with one attached hydrogen (secondary N) is 1. The number of hydrogen-bond acceptors (Lipinski definition) is 1. The SMILES string of the molecule is CC(C)NCCBr. The largest absolute Gasteiger partial charge is 0.314 e. The molecule has 0 aliphatic heterocycles. The molecule has 7 heavy (non-hydrogen) atoms. The quantitative estimate of drug-likeness (QED) is 0.624. The van der Waals surface area contributed by atoms with E-state index >= 15 is 0 Å². The minimum absolute atomic E-state index is 0.623. The monoisotopic (exact) mass is 165 g/mol. The van der Waals surface area contributed by atoms with Crippen molar-refractivity contribution in [2.24, 2.45) is 0 Å². The minimum atomic E-state index is 0.623. The van der Waals surface area contributed by atoms with Crippen LogP contribution in [-0.2, 0) is 0 Å². The van der Waals surface area contributed by atoms with E-state index in [4.69, 9.17) is 0 Å². The second-order valence-corrected chi connectivity index (χ2v) is 2.59. The molecule has 1 N–H and O–H groups in total. The maximum absolute atomic E-state index is 3.32. The van der Waals surface area contributed by atoms with Crippen LogP contribution < -0.4 is 5.32 Å². The summed E-state index contributed by atoms with van der Waals surface area (Å²) in [4.78, 5) is 0. The van der Waals surface area contributed by atoms with E-state index in [0.29, 0.717) is 6.04 Å². The van der Waals surface area contributed by atoms with Gasteiger partial charge in [0.15, 0.2) is 0 Å². The Morgan fingerprint density at radius 3 is 2.29 bits per heavy atom. The molecule has 0 aromatic heterocycles. The van der Waals surface area contributed by atoms with Crippen molar-refractivity contribution in [3.63, 3.8) is 0 Å². The second-order valence-electron chi connectivity index (χ2n) is 1.80. The molecule has 0 saturated carbocycles. The van der Waals surface area contributed by atoms with Crippen molar-refractivity contribution in [1.29, 1.82) is 0 Å². The Hall–Kier alpha value is 0.440. The Labute approximate surface area is 53.6 Å². The summed E-state index contributed by atoms with van der Waals surface area (Å²) >= 11 is 3.32. The van der Waals surface area contributed by atoms with Gasteiger partial charge in [-0.25, -0.2) is 0 Å². The van der Waals surface area contributed by atoms with Crippen molar-refractivity contribution < 1.29 is 0 Å². The van der Waals surface area contributed by atoms with E-state index in [1.165, 1.54) is 0 Å². The molecule has 0 rings (SSSR count). The molecule has 0 spiro atoms. The molecule has 44 valence electrons. The van der Waals surface area contributed by atoms with Gasteiger partial charge in [0.05, 0.1) is 0 Å². The molecular weight excluding hydrogens is 154 g/mol. The summed E-state index contributed by atoms with van der Waals surface area (Å²) in [5.74, 6) is 0. The van der Waals surface area contributed by atoms with Gasteiger partial charge < -0.3 is 5.32 Å². The van der Waals surface area contributed by atoms with E-state index in [1.54, 1.807) is 0 Å². The van der Waals surface area contributed by atoms with Crippen molar-refractivity contribution in [2.75, 3.05) is 11.9 Å². The summed E-state index contributed by atoms with van der Waals surface area (Å²) in [6.07, 6.45) is 0. The van der Waals surface area contributed by atoms with Gasteiger partial charge in [0.25, 0.3) is 0 Å². The minimum Gasteiger partial charge on any atom is -0.314 e. The van der Waals surface area contributed by atoms with Crippen molar-refractivity contribution >= 4 is 15.9 Å². The first-order chi connectivity index (χ1) is 3.27. The van der Waals surface area contributed by atoms with Gasteiger partial charge in [-0.2, -0.15) is 0 Å². The van der Waals surface area contributed by atoms with E-state index in [-0.39, 0.29) is 0 Å². The Balaban J connectivity index is 2.68. The fourth-order valence-corrected chi connectivity index (χ4v) is 0.572. The molecule has 2 heteroatoms. The van der Waals surface area contributed by atoms with Crippen molar-refractivity contribution in [2.45, 2.75) is 19.9 Å². The van der Waals surface area contributed by atoms with Gasteiger partial charge in [0, 0.05) is 17.9 Å². The van der Waals surface area contributed by atoms with Gasteiger partial charge in [0.2, 0.25) is 0 Å². The summed E-state index contributed by atoms with van der Waals surface area (Å²) in [5.41, 5.74) is 0. The van der Waals surface area contributed by atoms with Crippen LogP contribution in [0.1, 0.15) is 13.8 Å².